The normalized spacial score (nSPS) is 14.5. The number of nitriles is 2. The van der Waals surface area contributed by atoms with Crippen molar-refractivity contribution in [2.45, 2.75) is 71.1 Å². The average Bonchev–Trinajstić information content (AvgIpc) is 4.03. The molecule has 11 nitrogen and oxygen atoms in total. The van der Waals surface area contributed by atoms with Crippen molar-refractivity contribution in [3.05, 3.63) is 213 Å². The van der Waals surface area contributed by atoms with Crippen molar-refractivity contribution < 1.29 is 4.79 Å². The second-order valence-electron chi connectivity index (χ2n) is 18.5. The van der Waals surface area contributed by atoms with Crippen molar-refractivity contribution in [2.24, 2.45) is 0 Å². The first-order valence-corrected chi connectivity index (χ1v) is 24.6. The molecule has 2 saturated heterocycles. The first-order chi connectivity index (χ1) is 34.2. The van der Waals surface area contributed by atoms with Gasteiger partial charge in [0.1, 0.15) is 23.5 Å². The number of allylic oxidation sites excluding steroid dienone is 1. The number of carbonyl (C=O) groups is 1. The summed E-state index contributed by atoms with van der Waals surface area (Å²) in [6.07, 6.45) is 3.78. The van der Waals surface area contributed by atoms with Crippen LogP contribution in [-0.2, 0) is 23.4 Å². The molecule has 9 rings (SSSR count). The van der Waals surface area contributed by atoms with Crippen LogP contribution in [0.15, 0.2) is 163 Å². The molecule has 2 fully saturated rings. The highest BCUT2D eigenvalue weighted by Crippen LogP contribution is 2.45. The maximum absolute atomic E-state index is 15.2. The Kier molecular flexibility index (Phi) is 14.5. The number of rotatable bonds is 15. The van der Waals surface area contributed by atoms with E-state index in [-0.39, 0.29) is 17.9 Å². The number of anilines is 1. The van der Waals surface area contributed by atoms with Gasteiger partial charge in [0.05, 0.1) is 6.04 Å². The van der Waals surface area contributed by atoms with Gasteiger partial charge in [0.25, 0.3) is 0 Å². The van der Waals surface area contributed by atoms with Gasteiger partial charge in [-0.2, -0.15) is 10.5 Å². The lowest BCUT2D eigenvalue weighted by molar-refractivity contribution is -0.119. The van der Waals surface area contributed by atoms with Crippen LogP contribution in [0.25, 0.3) is 11.4 Å². The Morgan fingerprint density at radius 2 is 1.37 bits per heavy atom. The van der Waals surface area contributed by atoms with E-state index in [0.717, 1.165) is 75.4 Å². The Morgan fingerprint density at radius 1 is 0.714 bits per heavy atom. The number of amides is 1. The van der Waals surface area contributed by atoms with Crippen molar-refractivity contribution >= 4 is 23.2 Å². The van der Waals surface area contributed by atoms with Crippen molar-refractivity contribution in [1.82, 2.24) is 34.9 Å². The van der Waals surface area contributed by atoms with Gasteiger partial charge in [-0.3, -0.25) is 9.69 Å². The molecule has 3 heterocycles. The highest BCUT2D eigenvalue weighted by Gasteiger charge is 2.43. The first-order valence-electron chi connectivity index (χ1n) is 24.2. The topological polar surface area (TPSA) is 121 Å². The van der Waals surface area contributed by atoms with Crippen LogP contribution in [0.2, 0.25) is 5.02 Å². The van der Waals surface area contributed by atoms with E-state index in [1.165, 1.54) is 19.3 Å². The van der Waals surface area contributed by atoms with E-state index in [1.807, 2.05) is 105 Å². The van der Waals surface area contributed by atoms with Crippen LogP contribution < -0.4 is 4.90 Å². The lowest BCUT2D eigenvalue weighted by Crippen LogP contribution is -2.39. The number of piperidine rings is 1. The van der Waals surface area contributed by atoms with Gasteiger partial charge >= 0.3 is 0 Å². The number of carbonyl (C=O) groups excluding carboxylic acids is 1. The fourth-order valence-electron chi connectivity index (χ4n) is 10.6. The maximum Gasteiger partial charge on any atom is 0.229 e. The van der Waals surface area contributed by atoms with Crippen LogP contribution in [0, 0.1) is 36.5 Å². The Balaban J connectivity index is 1.08. The molecular weight excluding hydrogens is 888 g/mol. The molecule has 7 aromatic rings. The molecule has 0 aliphatic carbocycles. The SMILES string of the molecule is Cc1cc(C)cc(CN2CCN(CCC(=O)N(c3cccc(CN4CCCCC4)c3)C(C)c3cccc(-c4nnnn4C(c4ccccc4)(c4ccccc4)c4ccccc4Cl)c3)C2=C(C#N)C#N)c1. The minimum atomic E-state index is -1.08. The second-order valence-corrected chi connectivity index (χ2v) is 18.9. The molecule has 0 N–H and O–H groups in total. The second kappa shape index (κ2) is 21.4. The van der Waals surface area contributed by atoms with Crippen LogP contribution in [0.5, 0.6) is 0 Å². The average molecular weight is 946 g/mol. The summed E-state index contributed by atoms with van der Waals surface area (Å²) in [5.74, 6) is 1.02. The Labute approximate surface area is 416 Å². The maximum atomic E-state index is 15.2. The Morgan fingerprint density at radius 3 is 2.06 bits per heavy atom. The third kappa shape index (κ3) is 9.82. The summed E-state index contributed by atoms with van der Waals surface area (Å²) >= 11 is 7.18. The minimum absolute atomic E-state index is 0.0437. The molecule has 0 spiro atoms. The molecular formula is C58H57ClN10O. The Hall–Kier alpha value is -7.57. The zero-order valence-corrected chi connectivity index (χ0v) is 40.8. The number of nitrogens with zero attached hydrogens (tertiary/aromatic N) is 10. The molecule has 1 unspecified atom stereocenters. The molecule has 1 amide bonds. The fraction of sp³-hybridized carbons (Fsp3) is 0.276. The van der Waals surface area contributed by atoms with E-state index in [9.17, 15) is 10.5 Å². The van der Waals surface area contributed by atoms with Gasteiger partial charge in [-0.25, -0.2) is 4.68 Å². The highest BCUT2D eigenvalue weighted by molar-refractivity contribution is 6.31. The number of aromatic nitrogens is 4. The van der Waals surface area contributed by atoms with Gasteiger partial charge in [0.2, 0.25) is 5.91 Å². The number of aryl methyl sites for hydroxylation is 2. The van der Waals surface area contributed by atoms with Crippen molar-refractivity contribution in [2.75, 3.05) is 37.6 Å². The van der Waals surface area contributed by atoms with Gasteiger partial charge in [-0.05, 0) is 109 Å². The molecule has 0 bridgehead atoms. The summed E-state index contributed by atoms with van der Waals surface area (Å²) in [5.41, 5.74) is 8.66. The monoisotopic (exact) mass is 944 g/mol. The summed E-state index contributed by atoms with van der Waals surface area (Å²) in [6, 6.07) is 55.0. The van der Waals surface area contributed by atoms with Crippen molar-refractivity contribution in [3.63, 3.8) is 0 Å². The predicted octanol–water partition coefficient (Wildman–Crippen LogP) is 11.0. The number of benzene rings is 6. The largest absolute Gasteiger partial charge is 0.354 e. The number of tetrazole rings is 1. The van der Waals surface area contributed by atoms with Gasteiger partial charge in [0, 0.05) is 61.0 Å². The summed E-state index contributed by atoms with van der Waals surface area (Å²) in [7, 11) is 0. The molecule has 6 aromatic carbocycles. The van der Waals surface area contributed by atoms with E-state index in [4.69, 9.17) is 21.9 Å². The Bertz CT molecular complexity index is 3000. The summed E-state index contributed by atoms with van der Waals surface area (Å²) in [4.78, 5) is 23.7. The van der Waals surface area contributed by atoms with Crippen LogP contribution in [0.1, 0.15) is 83.2 Å². The van der Waals surface area contributed by atoms with Gasteiger partial charge < -0.3 is 14.7 Å². The lowest BCUT2D eigenvalue weighted by Gasteiger charge is -2.37. The lowest BCUT2D eigenvalue weighted by atomic mass is 9.76. The smallest absolute Gasteiger partial charge is 0.229 e. The van der Waals surface area contributed by atoms with Gasteiger partial charge in [0.15, 0.2) is 11.4 Å². The first kappa shape index (κ1) is 47.5. The van der Waals surface area contributed by atoms with E-state index in [0.29, 0.717) is 42.8 Å². The number of likely N-dealkylation sites (tertiary alicyclic amines) is 1. The van der Waals surface area contributed by atoms with Crippen LogP contribution in [0.3, 0.4) is 0 Å². The minimum Gasteiger partial charge on any atom is -0.354 e. The zero-order chi connectivity index (χ0) is 48.6. The molecule has 0 saturated carbocycles. The number of hydrogen-bond acceptors (Lipinski definition) is 9. The predicted molar refractivity (Wildman–Crippen MR) is 275 cm³/mol. The van der Waals surface area contributed by atoms with E-state index in [2.05, 4.69) is 109 Å². The molecule has 1 atom stereocenters. The van der Waals surface area contributed by atoms with E-state index in [1.54, 1.807) is 0 Å². The summed E-state index contributed by atoms with van der Waals surface area (Å²) < 4.78 is 1.87. The molecule has 0 radical (unpaired) electrons. The van der Waals surface area contributed by atoms with Crippen LogP contribution in [0.4, 0.5) is 5.69 Å². The molecule has 1 aromatic heterocycles. The van der Waals surface area contributed by atoms with Crippen LogP contribution >= 0.6 is 11.6 Å². The van der Waals surface area contributed by atoms with Crippen molar-refractivity contribution in [1.29, 1.82) is 10.5 Å². The quantitative estimate of drug-likeness (QED) is 0.0730. The molecule has 2 aliphatic rings. The number of halogens is 1. The molecule has 12 heteroatoms. The fourth-order valence-corrected chi connectivity index (χ4v) is 10.9. The van der Waals surface area contributed by atoms with E-state index >= 15 is 4.79 Å². The number of hydrogen-bond donors (Lipinski definition) is 0. The van der Waals surface area contributed by atoms with Gasteiger partial charge in [-0.15, -0.1) is 5.10 Å². The van der Waals surface area contributed by atoms with Gasteiger partial charge in [-0.1, -0.05) is 157 Å². The highest BCUT2D eigenvalue weighted by atomic mass is 35.5. The van der Waals surface area contributed by atoms with Crippen molar-refractivity contribution in [3.8, 4) is 23.5 Å². The molecule has 352 valence electrons. The molecule has 70 heavy (non-hydrogen) atoms. The zero-order valence-electron chi connectivity index (χ0n) is 40.0. The van der Waals surface area contributed by atoms with Crippen LogP contribution in [-0.4, -0.2) is 73.5 Å². The summed E-state index contributed by atoms with van der Waals surface area (Å²) in [5, 5.41) is 34.8. The van der Waals surface area contributed by atoms with E-state index < -0.39 is 11.6 Å². The third-order valence-electron chi connectivity index (χ3n) is 13.7. The molecule has 2 aliphatic heterocycles. The summed E-state index contributed by atoms with van der Waals surface area (Å²) in [6.45, 7) is 11.2. The standard InChI is InChI=1S/C58H57ClN10O/c1-42-33-43(2)35-46(34-42)41-67-32-31-66(57(67)49(38-60)39-61)30-27-55(70)68(52-24-15-17-45(36-52)40-65-28-13-6-14-29-65)44(3)47-18-16-19-48(37-47)56-62-63-64-69(56)58(50-20-7-4-8-21-50,51-22-9-5-10-23-51)53-25-11-12-26-54(53)59/h4-5,7-12,15-26,33-37,44H,6,13-14,27-32,40-41H2,1-3H3. The third-order valence-corrected chi connectivity index (χ3v) is 14.0.